The van der Waals surface area contributed by atoms with Gasteiger partial charge in [-0.2, -0.15) is 0 Å². The minimum Gasteiger partial charge on any atom is -0.334 e. The lowest BCUT2D eigenvalue weighted by atomic mass is 10.0. The number of rotatable bonds is 2. The number of aromatic nitrogens is 2. The standard InChI is InChI=1S/C14H23N3/c1-11-3-4-14-15-13(10-17(14)8-11)7-12-5-6-16(2)9-12/h10-12H,3-9H2,1-2H3. The molecule has 1 saturated heterocycles. The fourth-order valence-electron chi connectivity index (χ4n) is 3.26. The molecule has 0 amide bonds. The van der Waals surface area contributed by atoms with Crippen LogP contribution in [0.15, 0.2) is 6.20 Å². The van der Waals surface area contributed by atoms with E-state index in [1.54, 1.807) is 0 Å². The Labute approximate surface area is 104 Å². The molecule has 3 nitrogen and oxygen atoms in total. The second-order valence-corrected chi connectivity index (χ2v) is 6.07. The highest BCUT2D eigenvalue weighted by Crippen LogP contribution is 2.23. The lowest BCUT2D eigenvalue weighted by Gasteiger charge is -2.19. The maximum Gasteiger partial charge on any atom is 0.108 e. The van der Waals surface area contributed by atoms with E-state index in [-0.39, 0.29) is 0 Å². The third-order valence-corrected chi connectivity index (χ3v) is 4.26. The van der Waals surface area contributed by atoms with Crippen molar-refractivity contribution in [3.8, 4) is 0 Å². The largest absolute Gasteiger partial charge is 0.334 e. The summed E-state index contributed by atoms with van der Waals surface area (Å²) in [5.41, 5.74) is 1.33. The summed E-state index contributed by atoms with van der Waals surface area (Å²) in [6.07, 6.45) is 7.31. The molecule has 0 spiro atoms. The molecule has 2 atom stereocenters. The van der Waals surface area contributed by atoms with Crippen LogP contribution in [-0.2, 0) is 19.4 Å². The number of nitrogens with zero attached hydrogens (tertiary/aromatic N) is 3. The zero-order valence-electron chi connectivity index (χ0n) is 11.0. The number of hydrogen-bond donors (Lipinski definition) is 0. The number of aryl methyl sites for hydroxylation is 1. The van der Waals surface area contributed by atoms with Gasteiger partial charge in [0.05, 0.1) is 5.69 Å². The van der Waals surface area contributed by atoms with Crippen molar-refractivity contribution in [1.29, 1.82) is 0 Å². The summed E-state index contributed by atoms with van der Waals surface area (Å²) in [6, 6.07) is 0. The third-order valence-electron chi connectivity index (χ3n) is 4.26. The zero-order valence-corrected chi connectivity index (χ0v) is 11.0. The van der Waals surface area contributed by atoms with E-state index < -0.39 is 0 Å². The molecule has 3 heteroatoms. The summed E-state index contributed by atoms with van der Waals surface area (Å²) in [5, 5.41) is 0. The molecule has 0 N–H and O–H groups in total. The number of likely N-dealkylation sites (tertiary alicyclic amines) is 1. The molecule has 2 unspecified atom stereocenters. The van der Waals surface area contributed by atoms with Crippen molar-refractivity contribution in [3.63, 3.8) is 0 Å². The molecular weight excluding hydrogens is 210 g/mol. The molecule has 0 bridgehead atoms. The smallest absolute Gasteiger partial charge is 0.108 e. The van der Waals surface area contributed by atoms with Crippen LogP contribution in [0.2, 0.25) is 0 Å². The van der Waals surface area contributed by atoms with Crippen LogP contribution in [0.3, 0.4) is 0 Å². The minimum atomic E-state index is 0.821. The van der Waals surface area contributed by atoms with Gasteiger partial charge in [0.15, 0.2) is 0 Å². The van der Waals surface area contributed by atoms with Crippen LogP contribution in [0.5, 0.6) is 0 Å². The Hall–Kier alpha value is -0.830. The van der Waals surface area contributed by atoms with Crippen LogP contribution in [-0.4, -0.2) is 34.6 Å². The average molecular weight is 233 g/mol. The van der Waals surface area contributed by atoms with Gasteiger partial charge in [-0.05, 0) is 44.7 Å². The van der Waals surface area contributed by atoms with E-state index in [9.17, 15) is 0 Å². The molecule has 2 aliphatic heterocycles. The molecule has 1 fully saturated rings. The number of hydrogen-bond acceptors (Lipinski definition) is 2. The van der Waals surface area contributed by atoms with Gasteiger partial charge in [0.1, 0.15) is 5.82 Å². The highest BCUT2D eigenvalue weighted by Gasteiger charge is 2.22. The maximum absolute atomic E-state index is 4.82. The second kappa shape index (κ2) is 4.45. The zero-order chi connectivity index (χ0) is 11.8. The highest BCUT2D eigenvalue weighted by molar-refractivity contribution is 5.08. The monoisotopic (exact) mass is 233 g/mol. The molecule has 3 heterocycles. The quantitative estimate of drug-likeness (QED) is 0.778. The highest BCUT2D eigenvalue weighted by atomic mass is 15.1. The number of imidazole rings is 1. The summed E-state index contributed by atoms with van der Waals surface area (Å²) < 4.78 is 2.39. The van der Waals surface area contributed by atoms with E-state index in [0.717, 1.165) is 11.8 Å². The van der Waals surface area contributed by atoms with Gasteiger partial charge in [0, 0.05) is 25.7 Å². The van der Waals surface area contributed by atoms with Crippen molar-refractivity contribution in [2.45, 2.75) is 39.2 Å². The predicted octanol–water partition coefficient (Wildman–Crippen LogP) is 1.96. The molecule has 1 aromatic heterocycles. The fourth-order valence-corrected chi connectivity index (χ4v) is 3.26. The molecule has 0 saturated carbocycles. The van der Waals surface area contributed by atoms with E-state index >= 15 is 0 Å². The van der Waals surface area contributed by atoms with Gasteiger partial charge >= 0.3 is 0 Å². The lowest BCUT2D eigenvalue weighted by Crippen LogP contribution is -2.17. The van der Waals surface area contributed by atoms with Crippen molar-refractivity contribution in [3.05, 3.63) is 17.7 Å². The average Bonchev–Trinajstić information content (AvgIpc) is 2.84. The van der Waals surface area contributed by atoms with Gasteiger partial charge in [-0.1, -0.05) is 6.92 Å². The summed E-state index contributed by atoms with van der Waals surface area (Å²) >= 11 is 0. The number of fused-ring (bicyclic) bond motifs is 1. The first-order valence-corrected chi connectivity index (χ1v) is 6.94. The lowest BCUT2D eigenvalue weighted by molar-refractivity contribution is 0.393. The van der Waals surface area contributed by atoms with Gasteiger partial charge in [-0.3, -0.25) is 0 Å². The Balaban J connectivity index is 1.68. The van der Waals surface area contributed by atoms with Crippen molar-refractivity contribution >= 4 is 0 Å². The van der Waals surface area contributed by atoms with E-state index in [4.69, 9.17) is 4.98 Å². The third kappa shape index (κ3) is 2.39. The Kier molecular flexibility index (Phi) is 2.95. The van der Waals surface area contributed by atoms with Crippen molar-refractivity contribution in [2.24, 2.45) is 11.8 Å². The van der Waals surface area contributed by atoms with Crippen molar-refractivity contribution in [2.75, 3.05) is 20.1 Å². The SMILES string of the molecule is CC1CCc2nc(CC3CCN(C)C3)cn2C1. The van der Waals surface area contributed by atoms with Crippen LogP contribution in [0.1, 0.15) is 31.3 Å². The first-order chi connectivity index (χ1) is 8.20. The molecule has 2 aliphatic rings. The van der Waals surface area contributed by atoms with E-state index in [1.807, 2.05) is 0 Å². The molecule has 3 rings (SSSR count). The normalized spacial score (nSPS) is 29.5. The minimum absolute atomic E-state index is 0.821. The summed E-state index contributed by atoms with van der Waals surface area (Å²) in [5.74, 6) is 2.97. The fraction of sp³-hybridized carbons (Fsp3) is 0.786. The Morgan fingerprint density at radius 2 is 2.24 bits per heavy atom. The molecular formula is C14H23N3. The first-order valence-electron chi connectivity index (χ1n) is 6.94. The Morgan fingerprint density at radius 3 is 3.00 bits per heavy atom. The maximum atomic E-state index is 4.82. The van der Waals surface area contributed by atoms with Gasteiger partial charge in [-0.25, -0.2) is 4.98 Å². The Morgan fingerprint density at radius 1 is 1.35 bits per heavy atom. The van der Waals surface area contributed by atoms with Crippen LogP contribution >= 0.6 is 0 Å². The van der Waals surface area contributed by atoms with Crippen molar-refractivity contribution in [1.82, 2.24) is 14.5 Å². The molecule has 0 aromatic carbocycles. The summed E-state index contributed by atoms with van der Waals surface area (Å²) in [4.78, 5) is 7.25. The molecule has 0 aliphatic carbocycles. The second-order valence-electron chi connectivity index (χ2n) is 6.07. The van der Waals surface area contributed by atoms with Crippen molar-refractivity contribution < 1.29 is 0 Å². The van der Waals surface area contributed by atoms with Crippen LogP contribution in [0, 0.1) is 11.8 Å². The van der Waals surface area contributed by atoms with E-state index in [2.05, 4.69) is 29.6 Å². The topological polar surface area (TPSA) is 21.1 Å². The predicted molar refractivity (Wildman–Crippen MR) is 69.0 cm³/mol. The molecule has 1 aromatic rings. The van der Waals surface area contributed by atoms with Gasteiger partial charge in [0.25, 0.3) is 0 Å². The van der Waals surface area contributed by atoms with Gasteiger partial charge in [0.2, 0.25) is 0 Å². The van der Waals surface area contributed by atoms with E-state index in [1.165, 1.54) is 56.8 Å². The summed E-state index contributed by atoms with van der Waals surface area (Å²) in [7, 11) is 2.22. The van der Waals surface area contributed by atoms with Crippen LogP contribution in [0.25, 0.3) is 0 Å². The molecule has 17 heavy (non-hydrogen) atoms. The Bertz CT molecular complexity index is 396. The van der Waals surface area contributed by atoms with E-state index in [0.29, 0.717) is 0 Å². The van der Waals surface area contributed by atoms with Crippen LogP contribution < -0.4 is 0 Å². The van der Waals surface area contributed by atoms with Gasteiger partial charge < -0.3 is 9.47 Å². The summed E-state index contributed by atoms with van der Waals surface area (Å²) in [6.45, 7) is 6.02. The van der Waals surface area contributed by atoms with Gasteiger partial charge in [-0.15, -0.1) is 0 Å². The first kappa shape index (κ1) is 11.3. The molecule has 0 radical (unpaired) electrons. The molecule has 94 valence electrons. The van der Waals surface area contributed by atoms with Crippen LogP contribution in [0.4, 0.5) is 0 Å².